The Bertz CT molecular complexity index is 345. The van der Waals surface area contributed by atoms with E-state index in [2.05, 4.69) is 18.3 Å². The van der Waals surface area contributed by atoms with Crippen LogP contribution >= 0.6 is 0 Å². The summed E-state index contributed by atoms with van der Waals surface area (Å²) >= 11 is 0. The van der Waals surface area contributed by atoms with Crippen molar-refractivity contribution in [2.45, 2.75) is 25.3 Å². The predicted octanol–water partition coefficient (Wildman–Crippen LogP) is 2.31. The first-order valence-electron chi connectivity index (χ1n) is 5.98. The van der Waals surface area contributed by atoms with Crippen molar-refractivity contribution in [3.05, 3.63) is 35.9 Å². The highest BCUT2D eigenvalue weighted by molar-refractivity contribution is 5.25. The van der Waals surface area contributed by atoms with Gasteiger partial charge in [0.1, 0.15) is 0 Å². The smallest absolute Gasteiger partial charge is 0.0837 e. The molecular weight excluding hydrogens is 212 g/mol. The summed E-state index contributed by atoms with van der Waals surface area (Å²) in [6.07, 6.45) is 1.00. The molecule has 0 saturated carbocycles. The van der Waals surface area contributed by atoms with Crippen LogP contribution in [0.2, 0.25) is 0 Å². The first-order valence-corrected chi connectivity index (χ1v) is 5.98. The molecule has 92 valence electrons. The van der Waals surface area contributed by atoms with Crippen LogP contribution < -0.4 is 5.32 Å². The lowest BCUT2D eigenvalue weighted by molar-refractivity contribution is 0.164. The van der Waals surface area contributed by atoms with Crippen molar-refractivity contribution in [1.29, 1.82) is 5.26 Å². The van der Waals surface area contributed by atoms with Gasteiger partial charge in [0.25, 0.3) is 0 Å². The van der Waals surface area contributed by atoms with Gasteiger partial charge in [-0.25, -0.2) is 0 Å². The van der Waals surface area contributed by atoms with Gasteiger partial charge in [0.15, 0.2) is 0 Å². The molecule has 1 rings (SSSR count). The summed E-state index contributed by atoms with van der Waals surface area (Å²) < 4.78 is 5.12. The summed E-state index contributed by atoms with van der Waals surface area (Å²) in [6.45, 7) is 3.46. The molecule has 0 aliphatic heterocycles. The molecule has 1 aromatic carbocycles. The van der Waals surface area contributed by atoms with Crippen LogP contribution in [0.1, 0.15) is 24.8 Å². The molecule has 0 fully saturated rings. The number of nitrogens with zero attached hydrogens (tertiary/aromatic N) is 1. The van der Waals surface area contributed by atoms with Crippen LogP contribution in [0.3, 0.4) is 0 Å². The zero-order chi connectivity index (χ0) is 12.5. The summed E-state index contributed by atoms with van der Waals surface area (Å²) in [6, 6.07) is 12.5. The SMILES string of the molecule is CCC(COC)NCC(C#N)c1ccccc1. The van der Waals surface area contributed by atoms with Crippen LogP contribution in [0.15, 0.2) is 30.3 Å². The molecule has 0 aromatic heterocycles. The van der Waals surface area contributed by atoms with Gasteiger partial charge >= 0.3 is 0 Å². The second kappa shape index (κ2) is 7.83. The molecule has 0 spiro atoms. The largest absolute Gasteiger partial charge is 0.383 e. The lowest BCUT2D eigenvalue weighted by atomic mass is 10.0. The Hall–Kier alpha value is -1.37. The van der Waals surface area contributed by atoms with Crippen molar-refractivity contribution in [3.63, 3.8) is 0 Å². The molecule has 1 aromatic rings. The van der Waals surface area contributed by atoms with Gasteiger partial charge in [-0.3, -0.25) is 0 Å². The summed E-state index contributed by atoms with van der Waals surface area (Å²) in [5.41, 5.74) is 1.06. The van der Waals surface area contributed by atoms with E-state index in [4.69, 9.17) is 4.74 Å². The summed E-state index contributed by atoms with van der Waals surface area (Å²) in [4.78, 5) is 0. The zero-order valence-corrected chi connectivity index (χ0v) is 10.5. The fourth-order valence-corrected chi connectivity index (χ4v) is 1.73. The van der Waals surface area contributed by atoms with Crippen LogP contribution in [0.25, 0.3) is 0 Å². The van der Waals surface area contributed by atoms with Gasteiger partial charge in [0.2, 0.25) is 0 Å². The molecule has 0 heterocycles. The molecule has 17 heavy (non-hydrogen) atoms. The third-order valence-electron chi connectivity index (χ3n) is 2.83. The van der Waals surface area contributed by atoms with Gasteiger partial charge in [-0.05, 0) is 12.0 Å². The van der Waals surface area contributed by atoms with E-state index in [9.17, 15) is 5.26 Å². The number of ether oxygens (including phenoxy) is 1. The molecule has 0 aliphatic rings. The molecule has 3 heteroatoms. The molecule has 0 bridgehead atoms. The summed E-state index contributed by atoms with van der Waals surface area (Å²) in [5.74, 6) is -0.0953. The first kappa shape index (κ1) is 13.7. The Morgan fingerprint density at radius 1 is 1.35 bits per heavy atom. The molecule has 0 saturated heterocycles. The highest BCUT2D eigenvalue weighted by Crippen LogP contribution is 2.13. The average Bonchev–Trinajstić information content (AvgIpc) is 2.39. The topological polar surface area (TPSA) is 45.0 Å². The van der Waals surface area contributed by atoms with E-state index in [1.54, 1.807) is 7.11 Å². The fraction of sp³-hybridized carbons (Fsp3) is 0.500. The second-order valence-electron chi connectivity index (χ2n) is 4.06. The van der Waals surface area contributed by atoms with Gasteiger partial charge in [-0.1, -0.05) is 37.3 Å². The van der Waals surface area contributed by atoms with Crippen molar-refractivity contribution in [1.82, 2.24) is 5.32 Å². The van der Waals surface area contributed by atoms with Gasteiger partial charge < -0.3 is 10.1 Å². The number of rotatable bonds is 7. The van der Waals surface area contributed by atoms with E-state index >= 15 is 0 Å². The van der Waals surface area contributed by atoms with Gasteiger partial charge in [-0.2, -0.15) is 5.26 Å². The number of nitriles is 1. The number of benzene rings is 1. The summed E-state index contributed by atoms with van der Waals surface area (Å²) in [5, 5.41) is 12.5. The number of methoxy groups -OCH3 is 1. The van der Waals surface area contributed by atoms with Crippen molar-refractivity contribution in [3.8, 4) is 6.07 Å². The normalized spacial score (nSPS) is 13.9. The maximum atomic E-state index is 9.17. The third-order valence-corrected chi connectivity index (χ3v) is 2.83. The van der Waals surface area contributed by atoms with Crippen molar-refractivity contribution in [2.24, 2.45) is 0 Å². The van der Waals surface area contributed by atoms with E-state index in [0.29, 0.717) is 19.2 Å². The highest BCUT2D eigenvalue weighted by Gasteiger charge is 2.12. The Labute approximate surface area is 103 Å². The Morgan fingerprint density at radius 3 is 2.59 bits per heavy atom. The fourth-order valence-electron chi connectivity index (χ4n) is 1.73. The van der Waals surface area contributed by atoms with Crippen LogP contribution in [0.5, 0.6) is 0 Å². The minimum absolute atomic E-state index is 0.0953. The molecule has 0 radical (unpaired) electrons. The predicted molar refractivity (Wildman–Crippen MR) is 68.8 cm³/mol. The van der Waals surface area contributed by atoms with Crippen molar-refractivity contribution >= 4 is 0 Å². The van der Waals surface area contributed by atoms with Gasteiger partial charge in [-0.15, -0.1) is 0 Å². The van der Waals surface area contributed by atoms with Gasteiger partial charge in [0.05, 0.1) is 18.6 Å². The monoisotopic (exact) mass is 232 g/mol. The van der Waals surface area contributed by atoms with Crippen molar-refractivity contribution < 1.29 is 4.74 Å². The highest BCUT2D eigenvalue weighted by atomic mass is 16.5. The Kier molecular flexibility index (Phi) is 6.31. The van der Waals surface area contributed by atoms with E-state index in [0.717, 1.165) is 12.0 Å². The number of hydrogen-bond donors (Lipinski definition) is 1. The maximum absolute atomic E-state index is 9.17. The second-order valence-corrected chi connectivity index (χ2v) is 4.06. The molecule has 3 nitrogen and oxygen atoms in total. The Balaban J connectivity index is 2.51. The minimum Gasteiger partial charge on any atom is -0.383 e. The van der Waals surface area contributed by atoms with Crippen LogP contribution in [0.4, 0.5) is 0 Å². The first-order chi connectivity index (χ1) is 8.31. The van der Waals surface area contributed by atoms with E-state index in [1.807, 2.05) is 30.3 Å². The molecule has 2 unspecified atom stereocenters. The lowest BCUT2D eigenvalue weighted by Crippen LogP contribution is -2.35. The third kappa shape index (κ3) is 4.56. The summed E-state index contributed by atoms with van der Waals surface area (Å²) in [7, 11) is 1.70. The number of nitrogens with one attached hydrogen (secondary N) is 1. The molecule has 2 atom stereocenters. The van der Waals surface area contributed by atoms with E-state index < -0.39 is 0 Å². The zero-order valence-electron chi connectivity index (χ0n) is 10.5. The lowest BCUT2D eigenvalue weighted by Gasteiger charge is -2.18. The quantitative estimate of drug-likeness (QED) is 0.784. The van der Waals surface area contributed by atoms with Gasteiger partial charge in [0, 0.05) is 19.7 Å². The van der Waals surface area contributed by atoms with Crippen molar-refractivity contribution in [2.75, 3.05) is 20.3 Å². The average molecular weight is 232 g/mol. The van der Waals surface area contributed by atoms with Crippen LogP contribution in [-0.2, 0) is 4.74 Å². The molecule has 1 N–H and O–H groups in total. The van der Waals surface area contributed by atoms with E-state index in [1.165, 1.54) is 0 Å². The van der Waals surface area contributed by atoms with Crippen LogP contribution in [0, 0.1) is 11.3 Å². The minimum atomic E-state index is -0.0953. The molecule has 0 aliphatic carbocycles. The molecule has 0 amide bonds. The Morgan fingerprint density at radius 2 is 2.06 bits per heavy atom. The van der Waals surface area contributed by atoms with Crippen LogP contribution in [-0.4, -0.2) is 26.3 Å². The standard InChI is InChI=1S/C14H20N2O/c1-3-14(11-17-2)16-10-13(9-15)12-7-5-4-6-8-12/h4-8,13-14,16H,3,10-11H2,1-2H3. The van der Waals surface area contributed by atoms with E-state index in [-0.39, 0.29) is 5.92 Å². The molecular formula is C14H20N2O. The number of hydrogen-bond acceptors (Lipinski definition) is 3. The maximum Gasteiger partial charge on any atom is 0.0837 e.